The molecule has 0 bridgehead atoms. The van der Waals surface area contributed by atoms with Gasteiger partial charge in [0.15, 0.2) is 5.82 Å². The molecule has 20 heavy (non-hydrogen) atoms. The van der Waals surface area contributed by atoms with Crippen molar-refractivity contribution >= 4 is 29.2 Å². The molecule has 8 heteroatoms. The quantitative estimate of drug-likeness (QED) is 0.879. The molecule has 0 aliphatic heterocycles. The summed E-state index contributed by atoms with van der Waals surface area (Å²) in [6.07, 6.45) is 0. The minimum absolute atomic E-state index is 0.0850. The van der Waals surface area contributed by atoms with Crippen LogP contribution in [-0.4, -0.2) is 25.8 Å². The van der Waals surface area contributed by atoms with Crippen molar-refractivity contribution in [3.05, 3.63) is 39.6 Å². The molecule has 0 aliphatic carbocycles. The fourth-order valence-corrected chi connectivity index (χ4v) is 2.12. The summed E-state index contributed by atoms with van der Waals surface area (Å²) in [5.41, 5.74) is 0.352. The van der Waals surface area contributed by atoms with Gasteiger partial charge in [-0.3, -0.25) is 0 Å². The lowest BCUT2D eigenvalue weighted by Crippen LogP contribution is -2.05. The fourth-order valence-electron chi connectivity index (χ4n) is 1.64. The van der Waals surface area contributed by atoms with Crippen molar-refractivity contribution in [3.8, 4) is 5.69 Å². The molecule has 106 valence electrons. The highest BCUT2D eigenvalue weighted by Gasteiger charge is 2.20. The van der Waals surface area contributed by atoms with Crippen molar-refractivity contribution in [2.45, 2.75) is 19.8 Å². The van der Waals surface area contributed by atoms with Gasteiger partial charge < -0.3 is 5.11 Å². The molecular formula is C12H10Cl2FN3O2. The Morgan fingerprint density at radius 2 is 1.90 bits per heavy atom. The van der Waals surface area contributed by atoms with Crippen LogP contribution < -0.4 is 0 Å². The number of carbonyl (C=O) groups is 1. The second kappa shape index (κ2) is 5.38. The Labute approximate surface area is 124 Å². The average Bonchev–Trinajstić information content (AvgIpc) is 2.80. The maximum Gasteiger partial charge on any atom is 0.375 e. The molecule has 1 heterocycles. The summed E-state index contributed by atoms with van der Waals surface area (Å²) in [4.78, 5) is 14.9. The van der Waals surface area contributed by atoms with E-state index < -0.39 is 11.8 Å². The van der Waals surface area contributed by atoms with Crippen molar-refractivity contribution < 1.29 is 14.3 Å². The first-order chi connectivity index (χ1) is 9.31. The lowest BCUT2D eigenvalue weighted by molar-refractivity contribution is 0.0683. The topological polar surface area (TPSA) is 68.0 Å². The molecule has 1 N–H and O–H groups in total. The highest BCUT2D eigenvalue weighted by atomic mass is 35.5. The van der Waals surface area contributed by atoms with E-state index in [1.807, 2.05) is 13.8 Å². The summed E-state index contributed by atoms with van der Waals surface area (Å²) in [5.74, 6) is -1.99. The first-order valence-corrected chi connectivity index (χ1v) is 6.42. The van der Waals surface area contributed by atoms with Crippen molar-refractivity contribution in [1.82, 2.24) is 14.8 Å². The third kappa shape index (κ3) is 2.62. The van der Waals surface area contributed by atoms with E-state index >= 15 is 0 Å². The molecule has 1 aromatic heterocycles. The second-order valence-corrected chi connectivity index (χ2v) is 5.20. The average molecular weight is 318 g/mol. The van der Waals surface area contributed by atoms with Gasteiger partial charge in [0.2, 0.25) is 0 Å². The van der Waals surface area contributed by atoms with Gasteiger partial charge in [-0.05, 0) is 12.1 Å². The van der Waals surface area contributed by atoms with E-state index in [0.29, 0.717) is 11.5 Å². The van der Waals surface area contributed by atoms with Crippen LogP contribution in [0.1, 0.15) is 36.2 Å². The van der Waals surface area contributed by atoms with Crippen molar-refractivity contribution in [2.75, 3.05) is 0 Å². The molecule has 0 saturated carbocycles. The van der Waals surface area contributed by atoms with Crippen LogP contribution >= 0.6 is 23.2 Å². The van der Waals surface area contributed by atoms with Crippen LogP contribution in [0.4, 0.5) is 4.39 Å². The number of aromatic nitrogens is 3. The van der Waals surface area contributed by atoms with Crippen LogP contribution in [0.2, 0.25) is 10.0 Å². The normalized spacial score (nSPS) is 11.1. The largest absolute Gasteiger partial charge is 0.475 e. The summed E-state index contributed by atoms with van der Waals surface area (Å²) < 4.78 is 14.7. The number of nitrogens with zero attached hydrogens (tertiary/aromatic N) is 3. The molecule has 5 nitrogen and oxygen atoms in total. The number of hydrogen-bond donors (Lipinski definition) is 1. The van der Waals surface area contributed by atoms with Gasteiger partial charge in [0.25, 0.3) is 5.82 Å². The smallest absolute Gasteiger partial charge is 0.375 e. The summed E-state index contributed by atoms with van der Waals surface area (Å²) in [5, 5.41) is 12.5. The Balaban J connectivity index is 2.65. The van der Waals surface area contributed by atoms with Crippen LogP contribution in [0.3, 0.4) is 0 Å². The zero-order valence-electron chi connectivity index (χ0n) is 10.6. The zero-order chi connectivity index (χ0) is 15.0. The summed E-state index contributed by atoms with van der Waals surface area (Å²) in [7, 11) is 0. The lowest BCUT2D eigenvalue weighted by atomic mass is 10.2. The van der Waals surface area contributed by atoms with E-state index in [4.69, 9.17) is 28.3 Å². The molecule has 0 atom stereocenters. The van der Waals surface area contributed by atoms with E-state index in [-0.39, 0.29) is 21.8 Å². The summed E-state index contributed by atoms with van der Waals surface area (Å²) in [6, 6.07) is 2.63. The molecule has 0 unspecified atom stereocenters. The highest BCUT2D eigenvalue weighted by Crippen LogP contribution is 2.28. The third-order valence-corrected chi connectivity index (χ3v) is 3.10. The van der Waals surface area contributed by atoms with Crippen molar-refractivity contribution in [2.24, 2.45) is 0 Å². The monoisotopic (exact) mass is 317 g/mol. The number of halogens is 3. The predicted octanol–water partition coefficient (Wildman–Crippen LogP) is 3.53. The Morgan fingerprint density at radius 3 is 2.35 bits per heavy atom. The van der Waals surface area contributed by atoms with E-state index in [1.165, 1.54) is 16.8 Å². The standard InChI is InChI=1S/C12H10Cl2FN3O2/c1-5(2)11-16-10(12(19)20)17-18(11)6-3-7(13)9(15)8(14)4-6/h3-5H,1-2H3,(H,19,20). The molecule has 1 aromatic carbocycles. The molecule has 0 amide bonds. The van der Waals surface area contributed by atoms with Gasteiger partial charge in [0.05, 0.1) is 15.7 Å². The SMILES string of the molecule is CC(C)c1nc(C(=O)O)nn1-c1cc(Cl)c(F)c(Cl)c1. The number of carboxylic acid groups (broad SMARTS) is 1. The van der Waals surface area contributed by atoms with Gasteiger partial charge >= 0.3 is 5.97 Å². The van der Waals surface area contributed by atoms with Gasteiger partial charge in [0.1, 0.15) is 5.82 Å². The van der Waals surface area contributed by atoms with E-state index in [2.05, 4.69) is 10.1 Å². The molecule has 0 saturated heterocycles. The fraction of sp³-hybridized carbons (Fsp3) is 0.250. The Hall–Kier alpha value is -1.66. The van der Waals surface area contributed by atoms with Gasteiger partial charge in [-0.25, -0.2) is 18.9 Å². The maximum absolute atomic E-state index is 13.4. The number of rotatable bonds is 3. The van der Waals surface area contributed by atoms with Crippen LogP contribution in [0.5, 0.6) is 0 Å². The zero-order valence-corrected chi connectivity index (χ0v) is 12.1. The molecule has 0 fully saturated rings. The number of carboxylic acids is 1. The molecule has 2 aromatic rings. The predicted molar refractivity (Wildman–Crippen MR) is 72.4 cm³/mol. The minimum Gasteiger partial charge on any atom is -0.475 e. The third-order valence-electron chi connectivity index (χ3n) is 2.55. The van der Waals surface area contributed by atoms with Gasteiger partial charge in [-0.15, -0.1) is 5.10 Å². The van der Waals surface area contributed by atoms with Gasteiger partial charge in [-0.1, -0.05) is 37.0 Å². The van der Waals surface area contributed by atoms with E-state index in [0.717, 1.165) is 0 Å². The number of aromatic carboxylic acids is 1. The Morgan fingerprint density at radius 1 is 1.35 bits per heavy atom. The molecular weight excluding hydrogens is 308 g/mol. The van der Waals surface area contributed by atoms with E-state index in [1.54, 1.807) is 0 Å². The molecule has 0 spiro atoms. The van der Waals surface area contributed by atoms with Crippen LogP contribution in [0.25, 0.3) is 5.69 Å². The second-order valence-electron chi connectivity index (χ2n) is 4.39. The molecule has 2 rings (SSSR count). The molecule has 0 aliphatic rings. The Bertz CT molecular complexity index is 662. The maximum atomic E-state index is 13.4. The number of benzene rings is 1. The van der Waals surface area contributed by atoms with Gasteiger partial charge in [-0.2, -0.15) is 0 Å². The minimum atomic E-state index is -1.25. The Kier molecular flexibility index (Phi) is 3.96. The summed E-state index contributed by atoms with van der Waals surface area (Å²) >= 11 is 11.5. The number of hydrogen-bond acceptors (Lipinski definition) is 3. The van der Waals surface area contributed by atoms with Crippen LogP contribution in [0.15, 0.2) is 12.1 Å². The first kappa shape index (κ1) is 14.7. The highest BCUT2D eigenvalue weighted by molar-refractivity contribution is 6.35. The van der Waals surface area contributed by atoms with Crippen molar-refractivity contribution in [1.29, 1.82) is 0 Å². The van der Waals surface area contributed by atoms with E-state index in [9.17, 15) is 9.18 Å². The van der Waals surface area contributed by atoms with Crippen LogP contribution in [-0.2, 0) is 0 Å². The first-order valence-electron chi connectivity index (χ1n) is 5.66. The van der Waals surface area contributed by atoms with Crippen molar-refractivity contribution in [3.63, 3.8) is 0 Å². The van der Waals surface area contributed by atoms with Gasteiger partial charge in [0, 0.05) is 5.92 Å². The molecule has 0 radical (unpaired) electrons. The van der Waals surface area contributed by atoms with Crippen LogP contribution in [0, 0.1) is 5.82 Å². The summed E-state index contributed by atoms with van der Waals surface area (Å²) in [6.45, 7) is 3.66. The lowest BCUT2D eigenvalue weighted by Gasteiger charge is -2.09.